The van der Waals surface area contributed by atoms with E-state index < -0.39 is 17.6 Å². The maximum absolute atomic E-state index is 10.3. The quantitative estimate of drug-likeness (QED) is 0.294. The van der Waals surface area contributed by atoms with Crippen molar-refractivity contribution in [1.82, 2.24) is 5.43 Å². The van der Waals surface area contributed by atoms with Crippen LogP contribution in [0.5, 0.6) is 0 Å². The Morgan fingerprint density at radius 1 is 1.70 bits per heavy atom. The Labute approximate surface area is 58.8 Å². The largest absolute Gasteiger partial charge is 0.480 e. The SMILES string of the molecule is CC(C)(O)C(NN)C(=O)O. The van der Waals surface area contributed by atoms with Gasteiger partial charge in [-0.05, 0) is 13.8 Å². The molecule has 0 aromatic rings. The van der Waals surface area contributed by atoms with Gasteiger partial charge in [-0.1, -0.05) is 0 Å². The normalized spacial score (nSPS) is 14.8. The average molecular weight is 148 g/mol. The molecule has 5 N–H and O–H groups in total. The van der Waals surface area contributed by atoms with Gasteiger partial charge in [0, 0.05) is 0 Å². The molecule has 10 heavy (non-hydrogen) atoms. The second-order valence-corrected chi connectivity index (χ2v) is 2.59. The van der Waals surface area contributed by atoms with Gasteiger partial charge in [-0.15, -0.1) is 0 Å². The minimum absolute atomic E-state index is 1.13. The molecule has 0 heterocycles. The summed E-state index contributed by atoms with van der Waals surface area (Å²) in [5, 5.41) is 17.5. The number of carboxylic acid groups (broad SMARTS) is 1. The van der Waals surface area contributed by atoms with E-state index in [2.05, 4.69) is 0 Å². The third-order valence-electron chi connectivity index (χ3n) is 1.12. The summed E-state index contributed by atoms with van der Waals surface area (Å²) < 4.78 is 0. The van der Waals surface area contributed by atoms with Gasteiger partial charge < -0.3 is 10.2 Å². The Hall–Kier alpha value is -0.650. The lowest BCUT2D eigenvalue weighted by atomic mass is 10.0. The van der Waals surface area contributed by atoms with Gasteiger partial charge in [0.25, 0.3) is 0 Å². The molecule has 0 aromatic carbocycles. The molecule has 5 heteroatoms. The van der Waals surface area contributed by atoms with Gasteiger partial charge in [0.1, 0.15) is 6.04 Å². The fourth-order valence-corrected chi connectivity index (χ4v) is 0.577. The first kappa shape index (κ1) is 9.35. The summed E-state index contributed by atoms with van der Waals surface area (Å²) in [6.45, 7) is 2.73. The predicted molar refractivity (Wildman–Crippen MR) is 35.0 cm³/mol. The van der Waals surface area contributed by atoms with Crippen LogP contribution >= 0.6 is 0 Å². The predicted octanol–water partition coefficient (Wildman–Crippen LogP) is -1.33. The van der Waals surface area contributed by atoms with E-state index in [0.717, 1.165) is 0 Å². The van der Waals surface area contributed by atoms with E-state index in [1.54, 1.807) is 0 Å². The van der Waals surface area contributed by atoms with Crippen molar-refractivity contribution in [2.45, 2.75) is 25.5 Å². The third kappa shape index (κ3) is 2.30. The van der Waals surface area contributed by atoms with E-state index >= 15 is 0 Å². The minimum atomic E-state index is -1.35. The number of rotatable bonds is 3. The molecule has 1 unspecified atom stereocenters. The molecule has 1 atom stereocenters. The summed E-state index contributed by atoms with van der Waals surface area (Å²) in [4.78, 5) is 10.3. The van der Waals surface area contributed by atoms with Gasteiger partial charge in [-0.3, -0.25) is 10.6 Å². The highest BCUT2D eigenvalue weighted by molar-refractivity contribution is 5.74. The number of aliphatic carboxylic acids is 1. The molecule has 0 aliphatic carbocycles. The molecule has 0 saturated carbocycles. The number of nitrogens with two attached hydrogens (primary N) is 1. The zero-order valence-corrected chi connectivity index (χ0v) is 5.96. The first-order valence-electron chi connectivity index (χ1n) is 2.81. The van der Waals surface area contributed by atoms with Gasteiger partial charge in [-0.2, -0.15) is 0 Å². The zero-order chi connectivity index (χ0) is 8.36. The van der Waals surface area contributed by atoms with Crippen LogP contribution in [-0.4, -0.2) is 27.8 Å². The molecule has 0 bridgehead atoms. The fraction of sp³-hybridized carbons (Fsp3) is 0.800. The van der Waals surface area contributed by atoms with E-state index in [-0.39, 0.29) is 0 Å². The Morgan fingerprint density at radius 2 is 2.10 bits per heavy atom. The molecular weight excluding hydrogens is 136 g/mol. The van der Waals surface area contributed by atoms with Crippen LogP contribution in [0.1, 0.15) is 13.8 Å². The molecule has 0 fully saturated rings. The zero-order valence-electron chi connectivity index (χ0n) is 5.96. The number of hydrogen-bond acceptors (Lipinski definition) is 4. The number of hydrogen-bond donors (Lipinski definition) is 4. The van der Waals surface area contributed by atoms with Crippen molar-refractivity contribution in [3.05, 3.63) is 0 Å². The second-order valence-electron chi connectivity index (χ2n) is 2.59. The summed E-state index contributed by atoms with van der Waals surface area (Å²) in [5.74, 6) is 3.70. The maximum atomic E-state index is 10.3. The summed E-state index contributed by atoms with van der Waals surface area (Å²) in [6, 6.07) is -1.13. The topological polar surface area (TPSA) is 95.6 Å². The van der Waals surface area contributed by atoms with Crippen molar-refractivity contribution in [2.75, 3.05) is 0 Å². The lowest BCUT2D eigenvalue weighted by Gasteiger charge is -2.24. The number of nitrogens with one attached hydrogen (secondary N) is 1. The lowest BCUT2D eigenvalue weighted by Crippen LogP contribution is -2.54. The summed E-state index contributed by atoms with van der Waals surface area (Å²) in [7, 11) is 0. The van der Waals surface area contributed by atoms with Gasteiger partial charge >= 0.3 is 5.97 Å². The first-order chi connectivity index (χ1) is 4.39. The van der Waals surface area contributed by atoms with Gasteiger partial charge in [0.05, 0.1) is 5.60 Å². The molecule has 0 amide bonds. The van der Waals surface area contributed by atoms with Crippen LogP contribution in [0.4, 0.5) is 0 Å². The van der Waals surface area contributed by atoms with E-state index in [0.29, 0.717) is 0 Å². The number of aliphatic hydroxyl groups is 1. The molecule has 5 nitrogen and oxygen atoms in total. The maximum Gasteiger partial charge on any atom is 0.325 e. The molecule has 0 aromatic heterocycles. The number of carbonyl (C=O) groups is 1. The van der Waals surface area contributed by atoms with Gasteiger partial charge in [0.2, 0.25) is 0 Å². The highest BCUT2D eigenvalue weighted by atomic mass is 16.4. The van der Waals surface area contributed by atoms with E-state index in [9.17, 15) is 4.79 Å². The Balaban J connectivity index is 4.22. The molecule has 0 aliphatic rings. The third-order valence-corrected chi connectivity index (χ3v) is 1.12. The Bertz CT molecular complexity index is 129. The average Bonchev–Trinajstić information content (AvgIpc) is 1.60. The van der Waals surface area contributed by atoms with E-state index in [1.807, 2.05) is 5.43 Å². The number of carboxylic acids is 1. The first-order valence-corrected chi connectivity index (χ1v) is 2.81. The lowest BCUT2D eigenvalue weighted by molar-refractivity contribution is -0.145. The fourth-order valence-electron chi connectivity index (χ4n) is 0.577. The molecule has 0 radical (unpaired) electrons. The van der Waals surface area contributed by atoms with Gasteiger partial charge in [0.15, 0.2) is 0 Å². The monoisotopic (exact) mass is 148 g/mol. The van der Waals surface area contributed by atoms with Crippen molar-refractivity contribution >= 4 is 5.97 Å². The van der Waals surface area contributed by atoms with Crippen molar-refractivity contribution < 1.29 is 15.0 Å². The van der Waals surface area contributed by atoms with Crippen molar-refractivity contribution in [2.24, 2.45) is 5.84 Å². The Morgan fingerprint density at radius 3 is 2.10 bits per heavy atom. The molecule has 0 spiro atoms. The van der Waals surface area contributed by atoms with Crippen LogP contribution in [0.3, 0.4) is 0 Å². The van der Waals surface area contributed by atoms with Crippen molar-refractivity contribution in [3.8, 4) is 0 Å². The van der Waals surface area contributed by atoms with Crippen molar-refractivity contribution in [3.63, 3.8) is 0 Å². The minimum Gasteiger partial charge on any atom is -0.480 e. The van der Waals surface area contributed by atoms with Crippen LogP contribution in [0, 0.1) is 0 Å². The molecule has 0 rings (SSSR count). The smallest absolute Gasteiger partial charge is 0.325 e. The standard InChI is InChI=1S/C5H12N2O3/c1-5(2,10)3(7-6)4(8)9/h3,7,10H,6H2,1-2H3,(H,8,9). The highest BCUT2D eigenvalue weighted by Crippen LogP contribution is 2.06. The van der Waals surface area contributed by atoms with Gasteiger partial charge in [-0.25, -0.2) is 5.43 Å². The summed E-state index contributed by atoms with van der Waals surface area (Å²) >= 11 is 0. The Kier molecular flexibility index (Phi) is 2.77. The molecular formula is C5H12N2O3. The van der Waals surface area contributed by atoms with Crippen LogP contribution in [0.25, 0.3) is 0 Å². The van der Waals surface area contributed by atoms with E-state index in [4.69, 9.17) is 16.1 Å². The molecule has 0 aliphatic heterocycles. The van der Waals surface area contributed by atoms with Crippen molar-refractivity contribution in [1.29, 1.82) is 0 Å². The summed E-state index contributed by atoms with van der Waals surface area (Å²) in [6.07, 6.45) is 0. The van der Waals surface area contributed by atoms with E-state index in [1.165, 1.54) is 13.8 Å². The molecule has 60 valence electrons. The number of hydrazine groups is 1. The highest BCUT2D eigenvalue weighted by Gasteiger charge is 2.31. The van der Waals surface area contributed by atoms with Crippen LogP contribution in [0.15, 0.2) is 0 Å². The second kappa shape index (κ2) is 2.96. The molecule has 0 saturated heterocycles. The van der Waals surface area contributed by atoms with Crippen LogP contribution in [0.2, 0.25) is 0 Å². The van der Waals surface area contributed by atoms with Crippen LogP contribution in [-0.2, 0) is 4.79 Å². The summed E-state index contributed by atoms with van der Waals surface area (Å²) in [5.41, 5.74) is 0.645. The van der Waals surface area contributed by atoms with Crippen LogP contribution < -0.4 is 11.3 Å².